The molecule has 0 bridgehead atoms. The number of carbonyl (C=O) groups excluding carboxylic acids is 1. The Morgan fingerprint density at radius 2 is 2.16 bits per heavy atom. The van der Waals surface area contributed by atoms with Crippen LogP contribution in [0.15, 0.2) is 40.3 Å². The topological polar surface area (TPSA) is 86.5 Å². The lowest BCUT2D eigenvalue weighted by molar-refractivity contribution is 0.0945. The van der Waals surface area contributed by atoms with E-state index in [9.17, 15) is 4.79 Å². The molecule has 0 fully saturated rings. The van der Waals surface area contributed by atoms with Crippen molar-refractivity contribution in [3.8, 4) is 11.5 Å². The van der Waals surface area contributed by atoms with Crippen LogP contribution < -0.4 is 14.8 Å². The quantitative estimate of drug-likeness (QED) is 0.698. The van der Waals surface area contributed by atoms with Crippen LogP contribution in [-0.4, -0.2) is 23.0 Å². The van der Waals surface area contributed by atoms with E-state index in [2.05, 4.69) is 15.3 Å². The van der Waals surface area contributed by atoms with Gasteiger partial charge in [0.15, 0.2) is 12.3 Å². The van der Waals surface area contributed by atoms with Gasteiger partial charge in [-0.1, -0.05) is 6.07 Å². The van der Waals surface area contributed by atoms with Gasteiger partial charge in [-0.15, -0.1) is 11.3 Å². The van der Waals surface area contributed by atoms with E-state index in [0.29, 0.717) is 23.9 Å². The number of methoxy groups -OCH3 is 1. The highest BCUT2D eigenvalue weighted by molar-refractivity contribution is 7.09. The first-order valence-corrected chi connectivity index (χ1v) is 8.42. The summed E-state index contributed by atoms with van der Waals surface area (Å²) in [5.41, 5.74) is 1.14. The number of aromatic nitrogens is 2. The summed E-state index contributed by atoms with van der Waals surface area (Å²) >= 11 is 1.50. The predicted molar refractivity (Wildman–Crippen MR) is 91.9 cm³/mol. The smallest absolute Gasteiger partial charge is 0.273 e. The third-order valence-corrected chi connectivity index (χ3v) is 4.22. The number of nitrogens with one attached hydrogen (secondary N) is 1. The number of amides is 1. The van der Waals surface area contributed by atoms with Crippen molar-refractivity contribution in [2.45, 2.75) is 20.1 Å². The van der Waals surface area contributed by atoms with Gasteiger partial charge in [-0.05, 0) is 19.1 Å². The van der Waals surface area contributed by atoms with Crippen LogP contribution in [0.4, 0.5) is 0 Å². The molecule has 0 radical (unpaired) electrons. The number of hydrogen-bond acceptors (Lipinski definition) is 7. The lowest BCUT2D eigenvalue weighted by atomic mass is 10.3. The average Bonchev–Trinajstić information content (AvgIpc) is 3.27. The first kappa shape index (κ1) is 17.0. The standard InChI is InChI=1S/C17H17N3O4S/c1-11-10-25-16(19-11)7-18-17(21)14-8-24-15(20-14)9-23-13-5-3-4-12(6-13)22-2/h3-6,8,10H,7,9H2,1-2H3,(H,18,21). The van der Waals surface area contributed by atoms with Crippen molar-refractivity contribution in [2.24, 2.45) is 0 Å². The van der Waals surface area contributed by atoms with Gasteiger partial charge in [0.1, 0.15) is 22.8 Å². The average molecular weight is 359 g/mol. The van der Waals surface area contributed by atoms with E-state index >= 15 is 0 Å². The van der Waals surface area contributed by atoms with E-state index in [0.717, 1.165) is 10.7 Å². The van der Waals surface area contributed by atoms with Crippen molar-refractivity contribution >= 4 is 17.2 Å². The molecule has 2 aromatic heterocycles. The number of carbonyl (C=O) groups is 1. The maximum Gasteiger partial charge on any atom is 0.273 e. The highest BCUT2D eigenvalue weighted by Gasteiger charge is 2.13. The number of rotatable bonds is 7. The number of nitrogens with zero attached hydrogens (tertiary/aromatic N) is 2. The minimum Gasteiger partial charge on any atom is -0.497 e. The molecular weight excluding hydrogens is 342 g/mol. The van der Waals surface area contributed by atoms with Crippen LogP contribution in [0.5, 0.6) is 11.5 Å². The van der Waals surface area contributed by atoms with Crippen LogP contribution in [0.25, 0.3) is 0 Å². The summed E-state index contributed by atoms with van der Waals surface area (Å²) in [6.45, 7) is 2.39. The third kappa shape index (κ3) is 4.57. The Morgan fingerprint density at radius 1 is 1.32 bits per heavy atom. The van der Waals surface area contributed by atoms with Gasteiger partial charge < -0.3 is 19.2 Å². The van der Waals surface area contributed by atoms with E-state index in [1.165, 1.54) is 17.6 Å². The molecule has 0 aliphatic rings. The summed E-state index contributed by atoms with van der Waals surface area (Å²) in [5, 5.41) is 5.54. The molecule has 0 aliphatic heterocycles. The van der Waals surface area contributed by atoms with E-state index in [1.807, 2.05) is 24.4 Å². The molecule has 25 heavy (non-hydrogen) atoms. The largest absolute Gasteiger partial charge is 0.497 e. The van der Waals surface area contributed by atoms with Crippen molar-refractivity contribution in [1.29, 1.82) is 0 Å². The molecule has 0 saturated carbocycles. The lowest BCUT2D eigenvalue weighted by Crippen LogP contribution is -2.23. The number of hydrogen-bond donors (Lipinski definition) is 1. The van der Waals surface area contributed by atoms with Gasteiger partial charge in [-0.25, -0.2) is 9.97 Å². The van der Waals surface area contributed by atoms with E-state index < -0.39 is 0 Å². The van der Waals surface area contributed by atoms with Crippen LogP contribution in [0.3, 0.4) is 0 Å². The van der Waals surface area contributed by atoms with Gasteiger partial charge in [0, 0.05) is 17.1 Å². The molecule has 3 aromatic rings. The Hall–Kier alpha value is -2.87. The Balaban J connectivity index is 1.53. The fourth-order valence-electron chi connectivity index (χ4n) is 2.05. The summed E-state index contributed by atoms with van der Waals surface area (Å²) in [5.74, 6) is 1.33. The lowest BCUT2D eigenvalue weighted by Gasteiger charge is -2.05. The molecule has 0 spiro atoms. The minimum absolute atomic E-state index is 0.117. The zero-order valence-electron chi connectivity index (χ0n) is 13.8. The molecule has 1 amide bonds. The monoisotopic (exact) mass is 359 g/mol. The molecule has 130 valence electrons. The fourth-order valence-corrected chi connectivity index (χ4v) is 2.76. The molecule has 0 unspecified atom stereocenters. The summed E-state index contributed by atoms with van der Waals surface area (Å²) < 4.78 is 16.0. The van der Waals surface area contributed by atoms with Gasteiger partial charge >= 0.3 is 0 Å². The summed E-state index contributed by atoms with van der Waals surface area (Å²) in [6.07, 6.45) is 1.31. The number of ether oxygens (including phenoxy) is 2. The second kappa shape index (κ2) is 7.80. The predicted octanol–water partition coefficient (Wildman–Crippen LogP) is 2.96. The molecule has 1 aromatic carbocycles. The van der Waals surface area contributed by atoms with Crippen LogP contribution in [0, 0.1) is 6.92 Å². The first-order chi connectivity index (χ1) is 12.1. The maximum atomic E-state index is 12.1. The van der Waals surface area contributed by atoms with E-state index in [1.54, 1.807) is 19.2 Å². The fraction of sp³-hybridized carbons (Fsp3) is 0.235. The van der Waals surface area contributed by atoms with Crippen LogP contribution in [0.2, 0.25) is 0 Å². The molecule has 0 saturated heterocycles. The summed E-state index contributed by atoms with van der Waals surface area (Å²) in [4.78, 5) is 20.5. The molecule has 1 N–H and O–H groups in total. The molecule has 7 nitrogen and oxygen atoms in total. The molecule has 0 atom stereocenters. The molecule has 3 rings (SSSR count). The zero-order valence-corrected chi connectivity index (χ0v) is 14.6. The van der Waals surface area contributed by atoms with Crippen molar-refractivity contribution in [2.75, 3.05) is 7.11 Å². The molecule has 2 heterocycles. The highest BCUT2D eigenvalue weighted by atomic mass is 32.1. The molecular formula is C17H17N3O4S. The maximum absolute atomic E-state index is 12.1. The van der Waals surface area contributed by atoms with Gasteiger partial charge in [-0.3, -0.25) is 4.79 Å². The van der Waals surface area contributed by atoms with Crippen molar-refractivity contribution in [3.63, 3.8) is 0 Å². The normalized spacial score (nSPS) is 10.5. The van der Waals surface area contributed by atoms with Crippen LogP contribution in [0.1, 0.15) is 27.1 Å². The third-order valence-electron chi connectivity index (χ3n) is 3.25. The Kier molecular flexibility index (Phi) is 5.30. The van der Waals surface area contributed by atoms with Crippen LogP contribution in [-0.2, 0) is 13.2 Å². The number of benzene rings is 1. The van der Waals surface area contributed by atoms with Gasteiger partial charge in [0.05, 0.1) is 13.7 Å². The summed E-state index contributed by atoms with van der Waals surface area (Å²) in [6, 6.07) is 7.20. The Labute approximate surface area is 148 Å². The summed E-state index contributed by atoms with van der Waals surface area (Å²) in [7, 11) is 1.59. The van der Waals surface area contributed by atoms with Gasteiger partial charge in [-0.2, -0.15) is 0 Å². The van der Waals surface area contributed by atoms with Crippen molar-refractivity contribution < 1.29 is 18.7 Å². The highest BCUT2D eigenvalue weighted by Crippen LogP contribution is 2.19. The Bertz CT molecular complexity index is 859. The van der Waals surface area contributed by atoms with Gasteiger partial charge in [0.25, 0.3) is 5.91 Å². The van der Waals surface area contributed by atoms with Crippen LogP contribution >= 0.6 is 11.3 Å². The second-order valence-corrected chi connectivity index (χ2v) is 6.10. The number of thiazole rings is 1. The SMILES string of the molecule is COc1cccc(OCc2nc(C(=O)NCc3nc(C)cs3)co2)c1. The number of aryl methyl sites for hydroxylation is 1. The van der Waals surface area contributed by atoms with Crippen molar-refractivity contribution in [3.05, 3.63) is 58.2 Å². The molecule has 8 heteroatoms. The number of oxazole rings is 1. The molecule has 0 aliphatic carbocycles. The first-order valence-electron chi connectivity index (χ1n) is 7.54. The second-order valence-electron chi connectivity index (χ2n) is 5.16. The minimum atomic E-state index is -0.316. The zero-order chi connectivity index (χ0) is 17.6. The van der Waals surface area contributed by atoms with Crippen molar-refractivity contribution in [1.82, 2.24) is 15.3 Å². The van der Waals surface area contributed by atoms with Gasteiger partial charge in [0.2, 0.25) is 5.89 Å². The van der Waals surface area contributed by atoms with E-state index in [-0.39, 0.29) is 18.2 Å². The Morgan fingerprint density at radius 3 is 2.92 bits per heavy atom. The van der Waals surface area contributed by atoms with E-state index in [4.69, 9.17) is 13.9 Å².